The van der Waals surface area contributed by atoms with Gasteiger partial charge in [0.2, 0.25) is 15.9 Å². The maximum atomic E-state index is 12.8. The molecular formula is C24H32N2O4S. The van der Waals surface area contributed by atoms with Gasteiger partial charge in [0.1, 0.15) is 5.75 Å². The topological polar surface area (TPSA) is 75.7 Å². The molecule has 1 heterocycles. The maximum Gasteiger partial charge on any atom is 0.243 e. The lowest BCUT2D eigenvalue weighted by atomic mass is 9.97. The number of nitrogens with zero attached hydrogens (tertiary/aromatic N) is 1. The van der Waals surface area contributed by atoms with Crippen molar-refractivity contribution >= 4 is 15.9 Å². The molecule has 0 aliphatic carbocycles. The highest BCUT2D eigenvalue weighted by molar-refractivity contribution is 7.89. The van der Waals surface area contributed by atoms with Crippen molar-refractivity contribution in [1.82, 2.24) is 9.62 Å². The molecule has 1 aliphatic heterocycles. The van der Waals surface area contributed by atoms with Gasteiger partial charge in [0.25, 0.3) is 0 Å². The van der Waals surface area contributed by atoms with E-state index in [2.05, 4.69) is 5.32 Å². The third-order valence-electron chi connectivity index (χ3n) is 5.64. The second kappa shape index (κ2) is 10.8. The number of piperidine rings is 1. The lowest BCUT2D eigenvalue weighted by molar-refractivity contribution is -0.126. The molecule has 6 nitrogen and oxygen atoms in total. The molecule has 1 fully saturated rings. The molecule has 0 aromatic heterocycles. The largest absolute Gasteiger partial charge is 0.494 e. The van der Waals surface area contributed by atoms with Crippen LogP contribution in [0.5, 0.6) is 5.75 Å². The Labute approximate surface area is 185 Å². The molecule has 3 rings (SSSR count). The highest BCUT2D eigenvalue weighted by atomic mass is 32.2. The Kier molecular flexibility index (Phi) is 8.09. The molecule has 1 aliphatic rings. The molecule has 0 atom stereocenters. The first-order chi connectivity index (χ1) is 14.9. The Morgan fingerprint density at radius 1 is 0.968 bits per heavy atom. The number of carbonyl (C=O) groups is 1. The monoisotopic (exact) mass is 444 g/mol. The second-order valence-corrected chi connectivity index (χ2v) is 10.1. The Morgan fingerprint density at radius 2 is 1.55 bits per heavy atom. The SMILES string of the molecule is Cc1ccc(OCCCCNC(=O)C2CCN(S(=O)(=O)c3ccc(C)cc3)CC2)cc1. The lowest BCUT2D eigenvalue weighted by Gasteiger charge is -2.30. The van der Waals surface area contributed by atoms with Crippen LogP contribution in [0.15, 0.2) is 53.4 Å². The Bertz CT molecular complexity index is 948. The van der Waals surface area contributed by atoms with Crippen LogP contribution in [0.4, 0.5) is 0 Å². The first kappa shape index (κ1) is 23.3. The minimum atomic E-state index is -3.49. The van der Waals surface area contributed by atoms with E-state index in [-0.39, 0.29) is 11.8 Å². The number of benzene rings is 2. The molecule has 0 spiro atoms. The van der Waals surface area contributed by atoms with Gasteiger partial charge < -0.3 is 10.1 Å². The zero-order chi connectivity index (χ0) is 22.3. The Balaban J connectivity index is 1.34. The molecule has 1 N–H and O–H groups in total. The summed E-state index contributed by atoms with van der Waals surface area (Å²) in [7, 11) is -3.49. The predicted octanol–water partition coefficient (Wildman–Crippen LogP) is 3.68. The van der Waals surface area contributed by atoms with Crippen molar-refractivity contribution < 1.29 is 17.9 Å². The fourth-order valence-corrected chi connectivity index (χ4v) is 5.09. The molecule has 7 heteroatoms. The predicted molar refractivity (Wildman–Crippen MR) is 122 cm³/mol. The minimum absolute atomic E-state index is 0.0202. The summed E-state index contributed by atoms with van der Waals surface area (Å²) in [6.45, 7) is 5.94. The third kappa shape index (κ3) is 6.55. The summed E-state index contributed by atoms with van der Waals surface area (Å²) < 4.78 is 32.7. The summed E-state index contributed by atoms with van der Waals surface area (Å²) in [5.74, 6) is 0.752. The van der Waals surface area contributed by atoms with Crippen molar-refractivity contribution in [3.8, 4) is 5.75 Å². The van der Waals surface area contributed by atoms with Crippen molar-refractivity contribution in [2.24, 2.45) is 5.92 Å². The molecule has 2 aromatic rings. The molecule has 2 aromatic carbocycles. The normalized spacial score (nSPS) is 15.5. The zero-order valence-electron chi connectivity index (χ0n) is 18.3. The van der Waals surface area contributed by atoms with Crippen LogP contribution in [0, 0.1) is 19.8 Å². The number of hydrogen-bond donors (Lipinski definition) is 1. The highest BCUT2D eigenvalue weighted by Gasteiger charge is 2.31. The number of sulfonamides is 1. The van der Waals surface area contributed by atoms with Crippen LogP contribution in [-0.4, -0.2) is 44.9 Å². The number of unbranched alkanes of at least 4 members (excludes halogenated alkanes) is 1. The molecule has 0 bridgehead atoms. The van der Waals surface area contributed by atoms with E-state index >= 15 is 0 Å². The van der Waals surface area contributed by atoms with Crippen LogP contribution in [0.2, 0.25) is 0 Å². The van der Waals surface area contributed by atoms with Crippen LogP contribution in [0.25, 0.3) is 0 Å². The van der Waals surface area contributed by atoms with Crippen molar-refractivity contribution in [3.63, 3.8) is 0 Å². The van der Waals surface area contributed by atoms with Crippen molar-refractivity contribution in [1.29, 1.82) is 0 Å². The number of rotatable bonds is 9. The van der Waals surface area contributed by atoms with E-state index in [1.165, 1.54) is 9.87 Å². The molecule has 168 valence electrons. The standard InChI is InChI=1S/C24H32N2O4S/c1-19-5-9-22(10-6-19)30-18-4-3-15-25-24(27)21-13-16-26(17-14-21)31(28,29)23-11-7-20(2)8-12-23/h5-12,21H,3-4,13-18H2,1-2H3,(H,25,27). The van der Waals surface area contributed by atoms with Crippen molar-refractivity contribution in [2.45, 2.75) is 44.4 Å². The minimum Gasteiger partial charge on any atom is -0.494 e. The summed E-state index contributed by atoms with van der Waals surface area (Å²) in [6, 6.07) is 14.9. The Morgan fingerprint density at radius 3 is 2.16 bits per heavy atom. The summed E-state index contributed by atoms with van der Waals surface area (Å²) in [5, 5.41) is 2.99. The highest BCUT2D eigenvalue weighted by Crippen LogP contribution is 2.24. The molecule has 0 radical (unpaired) electrons. The average Bonchev–Trinajstić information content (AvgIpc) is 2.77. The summed E-state index contributed by atoms with van der Waals surface area (Å²) in [5.41, 5.74) is 2.23. The smallest absolute Gasteiger partial charge is 0.243 e. The van der Waals surface area contributed by atoms with Gasteiger partial charge in [-0.15, -0.1) is 0 Å². The fraction of sp³-hybridized carbons (Fsp3) is 0.458. The number of nitrogens with one attached hydrogen (secondary N) is 1. The van der Waals surface area contributed by atoms with E-state index in [9.17, 15) is 13.2 Å². The van der Waals surface area contributed by atoms with Gasteiger partial charge in [0.15, 0.2) is 0 Å². The van der Waals surface area contributed by atoms with Gasteiger partial charge in [0, 0.05) is 25.6 Å². The quantitative estimate of drug-likeness (QED) is 0.599. The lowest BCUT2D eigenvalue weighted by Crippen LogP contribution is -2.43. The molecule has 0 unspecified atom stereocenters. The summed E-state index contributed by atoms with van der Waals surface area (Å²) in [6.07, 6.45) is 2.81. The van der Waals surface area contributed by atoms with E-state index in [0.29, 0.717) is 44.0 Å². The number of hydrogen-bond acceptors (Lipinski definition) is 4. The third-order valence-corrected chi connectivity index (χ3v) is 7.56. The van der Waals surface area contributed by atoms with Gasteiger partial charge in [-0.05, 0) is 63.8 Å². The average molecular weight is 445 g/mol. The number of carbonyl (C=O) groups excluding carboxylic acids is 1. The fourth-order valence-electron chi connectivity index (χ4n) is 3.63. The van der Waals surface area contributed by atoms with Gasteiger partial charge >= 0.3 is 0 Å². The van der Waals surface area contributed by atoms with E-state index in [1.807, 2.05) is 38.1 Å². The van der Waals surface area contributed by atoms with Crippen molar-refractivity contribution in [3.05, 3.63) is 59.7 Å². The zero-order valence-corrected chi connectivity index (χ0v) is 19.2. The van der Waals surface area contributed by atoms with Crippen LogP contribution < -0.4 is 10.1 Å². The van der Waals surface area contributed by atoms with Gasteiger partial charge in [-0.25, -0.2) is 8.42 Å². The van der Waals surface area contributed by atoms with E-state index in [4.69, 9.17) is 4.74 Å². The molecule has 0 saturated carbocycles. The summed E-state index contributed by atoms with van der Waals surface area (Å²) >= 11 is 0. The van der Waals surface area contributed by atoms with Gasteiger partial charge in [0.05, 0.1) is 11.5 Å². The Hall–Kier alpha value is -2.38. The van der Waals surface area contributed by atoms with E-state index in [0.717, 1.165) is 24.2 Å². The number of ether oxygens (including phenoxy) is 1. The first-order valence-corrected chi connectivity index (χ1v) is 12.3. The van der Waals surface area contributed by atoms with Crippen LogP contribution in [0.3, 0.4) is 0 Å². The van der Waals surface area contributed by atoms with Crippen molar-refractivity contribution in [2.75, 3.05) is 26.2 Å². The molecule has 1 amide bonds. The molecular weight excluding hydrogens is 412 g/mol. The number of aryl methyl sites for hydroxylation is 2. The van der Waals surface area contributed by atoms with E-state index in [1.54, 1.807) is 24.3 Å². The molecule has 31 heavy (non-hydrogen) atoms. The molecule has 1 saturated heterocycles. The van der Waals surface area contributed by atoms with Crippen LogP contribution >= 0.6 is 0 Å². The summed E-state index contributed by atoms with van der Waals surface area (Å²) in [4.78, 5) is 12.8. The first-order valence-electron chi connectivity index (χ1n) is 10.9. The van der Waals surface area contributed by atoms with E-state index < -0.39 is 10.0 Å². The maximum absolute atomic E-state index is 12.8. The number of amides is 1. The van der Waals surface area contributed by atoms with Crippen LogP contribution in [-0.2, 0) is 14.8 Å². The second-order valence-electron chi connectivity index (χ2n) is 8.15. The van der Waals surface area contributed by atoms with Gasteiger partial charge in [-0.3, -0.25) is 4.79 Å². The van der Waals surface area contributed by atoms with Crippen LogP contribution in [0.1, 0.15) is 36.8 Å². The van der Waals surface area contributed by atoms with Gasteiger partial charge in [-0.2, -0.15) is 4.31 Å². The van der Waals surface area contributed by atoms with Gasteiger partial charge in [-0.1, -0.05) is 35.4 Å².